The molecular weight excluding hydrogens is 398 g/mol. The van der Waals surface area contributed by atoms with Crippen molar-refractivity contribution >= 4 is 39.9 Å². The molecule has 0 spiro atoms. The number of aryl methyl sites for hydroxylation is 1. The number of halogens is 1. The fraction of sp³-hybridized carbons (Fsp3) is 0.250. The summed E-state index contributed by atoms with van der Waals surface area (Å²) in [6.45, 7) is 3.73. The molecule has 1 aromatic carbocycles. The number of rotatable bonds is 7. The summed E-state index contributed by atoms with van der Waals surface area (Å²) in [5.41, 5.74) is 2.07. The lowest BCUT2D eigenvalue weighted by atomic mass is 10.0. The predicted molar refractivity (Wildman–Crippen MR) is 110 cm³/mol. The maximum atomic E-state index is 12.4. The summed E-state index contributed by atoms with van der Waals surface area (Å²) in [5, 5.41) is 8.61. The summed E-state index contributed by atoms with van der Waals surface area (Å²) in [7, 11) is 0. The molecule has 28 heavy (non-hydrogen) atoms. The van der Waals surface area contributed by atoms with Crippen molar-refractivity contribution in [2.45, 2.75) is 32.7 Å². The Balaban J connectivity index is 1.58. The van der Waals surface area contributed by atoms with Crippen LogP contribution in [0.5, 0.6) is 0 Å². The highest BCUT2D eigenvalue weighted by molar-refractivity contribution is 7.14. The lowest BCUT2D eigenvalue weighted by molar-refractivity contribution is -0.121. The van der Waals surface area contributed by atoms with E-state index >= 15 is 0 Å². The molecule has 3 rings (SSSR count). The number of benzene rings is 1. The molecule has 1 atom stereocenters. The number of aromatic nitrogens is 1. The molecule has 3 aromatic rings. The van der Waals surface area contributed by atoms with Crippen molar-refractivity contribution in [3.05, 3.63) is 69.6 Å². The van der Waals surface area contributed by atoms with Gasteiger partial charge in [0.25, 0.3) is 5.91 Å². The van der Waals surface area contributed by atoms with E-state index in [0.29, 0.717) is 27.2 Å². The van der Waals surface area contributed by atoms with Crippen LogP contribution >= 0.6 is 22.9 Å². The zero-order valence-corrected chi connectivity index (χ0v) is 17.1. The Morgan fingerprint density at radius 3 is 2.64 bits per heavy atom. The average molecular weight is 418 g/mol. The van der Waals surface area contributed by atoms with Gasteiger partial charge < -0.3 is 9.73 Å². The number of furan rings is 1. The number of nitrogens with one attached hydrogen (secondary N) is 2. The van der Waals surface area contributed by atoms with Gasteiger partial charge in [0.2, 0.25) is 5.91 Å². The van der Waals surface area contributed by atoms with Crippen LogP contribution in [0.25, 0.3) is 0 Å². The predicted octanol–water partition coefficient (Wildman–Crippen LogP) is 4.76. The highest BCUT2D eigenvalue weighted by Gasteiger charge is 2.16. The Kier molecular flexibility index (Phi) is 6.49. The number of thiazole rings is 1. The molecule has 0 radical (unpaired) electrons. The Labute approximate surface area is 171 Å². The second kappa shape index (κ2) is 9.03. The van der Waals surface area contributed by atoms with Crippen LogP contribution in [0, 0.1) is 6.92 Å². The average Bonchev–Trinajstić information content (AvgIpc) is 3.29. The van der Waals surface area contributed by atoms with Crippen LogP contribution in [0.1, 0.15) is 46.8 Å². The maximum absolute atomic E-state index is 12.4. The first-order valence-electron chi connectivity index (χ1n) is 8.81. The topological polar surface area (TPSA) is 84.2 Å². The summed E-state index contributed by atoms with van der Waals surface area (Å²) >= 11 is 7.20. The molecule has 0 unspecified atom stereocenters. The van der Waals surface area contributed by atoms with Gasteiger partial charge in [0, 0.05) is 10.4 Å². The van der Waals surface area contributed by atoms with E-state index in [-0.39, 0.29) is 24.3 Å². The van der Waals surface area contributed by atoms with Gasteiger partial charge in [0.1, 0.15) is 5.76 Å². The van der Waals surface area contributed by atoms with Crippen LogP contribution in [-0.4, -0.2) is 16.8 Å². The van der Waals surface area contributed by atoms with E-state index in [4.69, 9.17) is 16.0 Å². The van der Waals surface area contributed by atoms with E-state index < -0.39 is 0 Å². The van der Waals surface area contributed by atoms with Crippen LogP contribution in [0.3, 0.4) is 0 Å². The summed E-state index contributed by atoms with van der Waals surface area (Å²) in [5.74, 6) is 0.127. The number of carbonyl (C=O) groups is 2. The number of amides is 2. The second-order valence-corrected chi connectivity index (χ2v) is 7.54. The van der Waals surface area contributed by atoms with Gasteiger partial charge in [-0.15, -0.1) is 11.3 Å². The molecule has 8 heteroatoms. The number of hydrogen-bond donors (Lipinski definition) is 2. The molecule has 2 heterocycles. The Morgan fingerprint density at radius 1 is 1.25 bits per heavy atom. The van der Waals surface area contributed by atoms with Gasteiger partial charge in [0.15, 0.2) is 5.13 Å². The van der Waals surface area contributed by atoms with Gasteiger partial charge in [-0.3, -0.25) is 14.9 Å². The molecule has 2 N–H and O–H groups in total. The van der Waals surface area contributed by atoms with E-state index in [1.54, 1.807) is 18.4 Å². The third kappa shape index (κ3) is 4.99. The van der Waals surface area contributed by atoms with Crippen LogP contribution in [-0.2, 0) is 11.2 Å². The molecule has 0 aliphatic carbocycles. The Hall–Kier alpha value is -2.64. The molecule has 0 saturated heterocycles. The van der Waals surface area contributed by atoms with Gasteiger partial charge in [-0.2, -0.15) is 0 Å². The van der Waals surface area contributed by atoms with Gasteiger partial charge in [-0.05, 0) is 37.1 Å². The molecule has 6 nitrogen and oxygen atoms in total. The summed E-state index contributed by atoms with van der Waals surface area (Å²) < 4.78 is 5.13. The van der Waals surface area contributed by atoms with Crippen LogP contribution in [0.15, 0.2) is 46.4 Å². The quantitative estimate of drug-likeness (QED) is 0.580. The highest BCUT2D eigenvalue weighted by atomic mass is 35.5. The first-order valence-corrected chi connectivity index (χ1v) is 10.1. The van der Waals surface area contributed by atoms with Crippen LogP contribution < -0.4 is 10.6 Å². The molecule has 0 fully saturated rings. The standard InChI is InChI=1S/C20H20ClN3O3S/c1-3-17(13-4-6-14(21)7-5-13)23-18(25)10-15-11-28-20(22-15)24-19(26)16-8-9-27-12(16)2/h4-9,11,17H,3,10H2,1-2H3,(H,23,25)(H,22,24,26)/t17-/m0/s1. The minimum absolute atomic E-state index is 0.0911. The minimum Gasteiger partial charge on any atom is -0.469 e. The molecule has 0 saturated carbocycles. The summed E-state index contributed by atoms with van der Waals surface area (Å²) in [6.07, 6.45) is 2.36. The Bertz CT molecular complexity index is 965. The SMILES string of the molecule is CC[C@H](NC(=O)Cc1csc(NC(=O)c2ccoc2C)n1)c1ccc(Cl)cc1. The summed E-state index contributed by atoms with van der Waals surface area (Å²) in [6, 6.07) is 8.95. The molecule has 0 aliphatic heterocycles. The van der Waals surface area contributed by atoms with Crippen molar-refractivity contribution in [2.24, 2.45) is 0 Å². The van der Waals surface area contributed by atoms with Gasteiger partial charge in [0.05, 0.1) is 30.0 Å². The molecular formula is C20H20ClN3O3S. The Morgan fingerprint density at radius 2 is 2.00 bits per heavy atom. The lowest BCUT2D eigenvalue weighted by Gasteiger charge is -2.17. The van der Waals surface area contributed by atoms with Gasteiger partial charge >= 0.3 is 0 Å². The monoisotopic (exact) mass is 417 g/mol. The molecule has 0 aliphatic rings. The third-order valence-corrected chi connectivity index (χ3v) is 5.29. The summed E-state index contributed by atoms with van der Waals surface area (Å²) in [4.78, 5) is 28.9. The van der Waals surface area contributed by atoms with Crippen molar-refractivity contribution < 1.29 is 14.0 Å². The smallest absolute Gasteiger partial charge is 0.260 e. The molecule has 146 valence electrons. The van der Waals surface area contributed by atoms with E-state index in [0.717, 1.165) is 12.0 Å². The number of anilines is 1. The van der Waals surface area contributed by atoms with E-state index in [9.17, 15) is 9.59 Å². The van der Waals surface area contributed by atoms with Crippen molar-refractivity contribution in [1.82, 2.24) is 10.3 Å². The van der Waals surface area contributed by atoms with Crippen molar-refractivity contribution in [1.29, 1.82) is 0 Å². The lowest BCUT2D eigenvalue weighted by Crippen LogP contribution is -2.29. The zero-order valence-electron chi connectivity index (χ0n) is 15.5. The first kappa shape index (κ1) is 20.1. The van der Waals surface area contributed by atoms with Gasteiger partial charge in [-0.25, -0.2) is 4.98 Å². The second-order valence-electron chi connectivity index (χ2n) is 6.25. The fourth-order valence-electron chi connectivity index (χ4n) is 2.76. The molecule has 2 amide bonds. The van der Waals surface area contributed by atoms with Crippen molar-refractivity contribution in [3.8, 4) is 0 Å². The highest BCUT2D eigenvalue weighted by Crippen LogP contribution is 2.21. The van der Waals surface area contributed by atoms with Gasteiger partial charge in [-0.1, -0.05) is 30.7 Å². The first-order chi connectivity index (χ1) is 13.5. The number of nitrogens with zero attached hydrogens (tertiary/aromatic N) is 1. The minimum atomic E-state index is -0.287. The largest absolute Gasteiger partial charge is 0.469 e. The molecule has 0 bridgehead atoms. The van der Waals surface area contributed by atoms with Crippen molar-refractivity contribution in [2.75, 3.05) is 5.32 Å². The molecule has 2 aromatic heterocycles. The van der Waals surface area contributed by atoms with Crippen LogP contribution in [0.4, 0.5) is 5.13 Å². The van der Waals surface area contributed by atoms with E-state index in [1.807, 2.05) is 31.2 Å². The van der Waals surface area contributed by atoms with Crippen LogP contribution in [0.2, 0.25) is 5.02 Å². The van der Waals surface area contributed by atoms with Crippen molar-refractivity contribution in [3.63, 3.8) is 0 Å². The zero-order chi connectivity index (χ0) is 20.1. The number of carbonyl (C=O) groups excluding carboxylic acids is 2. The normalized spacial score (nSPS) is 11.8. The fourth-order valence-corrected chi connectivity index (χ4v) is 3.59. The number of hydrogen-bond acceptors (Lipinski definition) is 5. The maximum Gasteiger partial charge on any atom is 0.260 e. The van der Waals surface area contributed by atoms with E-state index in [2.05, 4.69) is 15.6 Å². The van der Waals surface area contributed by atoms with E-state index in [1.165, 1.54) is 17.6 Å². The third-order valence-electron chi connectivity index (χ3n) is 4.23.